The second-order valence-electron chi connectivity index (χ2n) is 5.01. The lowest BCUT2D eigenvalue weighted by Gasteiger charge is -2.21. The molecular weight excluding hydrogens is 266 g/mol. The Bertz CT molecular complexity index is 549. The Balaban J connectivity index is 2.21. The van der Waals surface area contributed by atoms with Crippen LogP contribution in [0.2, 0.25) is 0 Å². The fraction of sp³-hybridized carbons (Fsp3) is 0.471. The Kier molecular flexibility index (Phi) is 5.79. The van der Waals surface area contributed by atoms with E-state index in [-0.39, 0.29) is 12.5 Å². The minimum absolute atomic E-state index is 0.0452. The minimum atomic E-state index is 0.0452. The molecule has 4 heteroatoms. The van der Waals surface area contributed by atoms with E-state index in [0.29, 0.717) is 25.1 Å². The summed E-state index contributed by atoms with van der Waals surface area (Å²) >= 11 is 0. The summed E-state index contributed by atoms with van der Waals surface area (Å²) in [5, 5.41) is 8.78. The second kappa shape index (κ2) is 7.82. The van der Waals surface area contributed by atoms with E-state index in [1.807, 2.05) is 30.0 Å². The first-order valence-electron chi connectivity index (χ1n) is 7.30. The minimum Gasteiger partial charge on any atom is -0.395 e. The van der Waals surface area contributed by atoms with Gasteiger partial charge < -0.3 is 14.7 Å². The number of benzene rings is 1. The molecule has 0 aliphatic carbocycles. The fourth-order valence-electron chi connectivity index (χ4n) is 2.34. The van der Waals surface area contributed by atoms with Gasteiger partial charge in [0.1, 0.15) is 0 Å². The van der Waals surface area contributed by atoms with Crippen molar-refractivity contribution in [1.29, 1.82) is 0 Å². The van der Waals surface area contributed by atoms with Crippen molar-refractivity contribution in [2.75, 3.05) is 32.9 Å². The molecule has 1 N–H and O–H groups in total. The Labute approximate surface area is 125 Å². The molecule has 21 heavy (non-hydrogen) atoms. The largest absolute Gasteiger partial charge is 0.395 e. The molecule has 0 atom stereocenters. The third-order valence-corrected chi connectivity index (χ3v) is 3.53. The highest BCUT2D eigenvalue weighted by Gasteiger charge is 2.19. The number of aliphatic hydroxyl groups excluding tert-OH is 1. The second-order valence-corrected chi connectivity index (χ2v) is 5.01. The maximum absolute atomic E-state index is 12.6. The molecule has 1 saturated heterocycles. The zero-order valence-corrected chi connectivity index (χ0v) is 12.4. The summed E-state index contributed by atoms with van der Waals surface area (Å²) in [4.78, 5) is 14.5. The van der Waals surface area contributed by atoms with E-state index in [1.165, 1.54) is 0 Å². The summed E-state index contributed by atoms with van der Waals surface area (Å²) < 4.78 is 5.39. The Morgan fingerprint density at radius 1 is 1.38 bits per heavy atom. The molecule has 0 aromatic heterocycles. The van der Waals surface area contributed by atoms with Crippen LogP contribution in [0.1, 0.15) is 34.3 Å². The predicted octanol–water partition coefficient (Wildman–Crippen LogP) is 1.59. The summed E-state index contributed by atoms with van der Waals surface area (Å²) in [6.07, 6.45) is 1.32. The molecule has 0 unspecified atom stereocenters. The van der Waals surface area contributed by atoms with Gasteiger partial charge in [0.05, 0.1) is 13.2 Å². The van der Waals surface area contributed by atoms with E-state index in [2.05, 4.69) is 11.8 Å². The number of aliphatic hydroxyl groups is 1. The molecule has 0 bridgehead atoms. The number of ether oxygens (including phenoxy) is 1. The van der Waals surface area contributed by atoms with E-state index in [1.54, 1.807) is 0 Å². The van der Waals surface area contributed by atoms with Crippen LogP contribution in [0.15, 0.2) is 18.2 Å². The Hall–Kier alpha value is -1.83. The van der Waals surface area contributed by atoms with Crippen molar-refractivity contribution < 1.29 is 14.6 Å². The highest BCUT2D eigenvalue weighted by atomic mass is 16.5. The van der Waals surface area contributed by atoms with E-state index in [0.717, 1.165) is 30.7 Å². The van der Waals surface area contributed by atoms with Crippen LogP contribution in [0.25, 0.3) is 0 Å². The maximum Gasteiger partial charge on any atom is 0.254 e. The van der Waals surface area contributed by atoms with Crippen molar-refractivity contribution in [3.63, 3.8) is 0 Å². The topological polar surface area (TPSA) is 49.8 Å². The number of carbonyl (C=O) groups excluding carboxylic acids is 1. The van der Waals surface area contributed by atoms with Gasteiger partial charge in [-0.3, -0.25) is 4.79 Å². The molecular formula is C17H21NO3. The van der Waals surface area contributed by atoms with Crippen molar-refractivity contribution in [3.05, 3.63) is 34.9 Å². The van der Waals surface area contributed by atoms with Crippen LogP contribution in [0.4, 0.5) is 0 Å². The monoisotopic (exact) mass is 287 g/mol. The Morgan fingerprint density at radius 3 is 3.05 bits per heavy atom. The van der Waals surface area contributed by atoms with Crippen LogP contribution >= 0.6 is 0 Å². The molecule has 1 aromatic rings. The first-order chi connectivity index (χ1) is 10.2. The normalized spacial score (nSPS) is 15.0. The van der Waals surface area contributed by atoms with Crippen molar-refractivity contribution >= 4 is 5.91 Å². The molecule has 0 radical (unpaired) electrons. The molecule has 112 valence electrons. The van der Waals surface area contributed by atoms with Gasteiger partial charge >= 0.3 is 0 Å². The van der Waals surface area contributed by atoms with Gasteiger partial charge in [-0.2, -0.15) is 0 Å². The SMILES string of the molecule is Cc1c(C#CCCO)cccc1C(=O)N1CCCOCC1. The smallest absolute Gasteiger partial charge is 0.254 e. The highest BCUT2D eigenvalue weighted by molar-refractivity contribution is 5.96. The summed E-state index contributed by atoms with van der Waals surface area (Å²) in [7, 11) is 0. The van der Waals surface area contributed by atoms with Crippen molar-refractivity contribution in [2.24, 2.45) is 0 Å². The number of hydrogen-bond acceptors (Lipinski definition) is 3. The molecule has 2 rings (SSSR count). The molecule has 1 fully saturated rings. The van der Waals surface area contributed by atoms with Crippen LogP contribution in [-0.4, -0.2) is 48.8 Å². The molecule has 1 aromatic carbocycles. The first-order valence-corrected chi connectivity index (χ1v) is 7.30. The van der Waals surface area contributed by atoms with Gasteiger partial charge in [-0.15, -0.1) is 0 Å². The third-order valence-electron chi connectivity index (χ3n) is 3.53. The number of carbonyl (C=O) groups is 1. The molecule has 1 aliphatic heterocycles. The highest BCUT2D eigenvalue weighted by Crippen LogP contribution is 2.16. The predicted molar refractivity (Wildman–Crippen MR) is 81.1 cm³/mol. The van der Waals surface area contributed by atoms with Gasteiger partial charge in [-0.25, -0.2) is 0 Å². The average molecular weight is 287 g/mol. The van der Waals surface area contributed by atoms with Crippen LogP contribution in [0.5, 0.6) is 0 Å². The van der Waals surface area contributed by atoms with Gasteiger partial charge in [0, 0.05) is 37.2 Å². The van der Waals surface area contributed by atoms with Gasteiger partial charge in [-0.1, -0.05) is 17.9 Å². The lowest BCUT2D eigenvalue weighted by atomic mass is 10.0. The van der Waals surface area contributed by atoms with Gasteiger partial charge in [-0.05, 0) is 31.0 Å². The molecule has 1 heterocycles. The summed E-state index contributed by atoms with van der Waals surface area (Å²) in [5.74, 6) is 5.97. The van der Waals surface area contributed by atoms with E-state index in [4.69, 9.17) is 9.84 Å². The molecule has 1 amide bonds. The first kappa shape index (κ1) is 15.6. The van der Waals surface area contributed by atoms with Crippen LogP contribution in [0.3, 0.4) is 0 Å². The summed E-state index contributed by atoms with van der Waals surface area (Å²) in [6, 6.07) is 5.61. The van der Waals surface area contributed by atoms with Gasteiger partial charge in [0.25, 0.3) is 5.91 Å². The molecule has 0 saturated carbocycles. The number of rotatable bonds is 2. The summed E-state index contributed by atoms with van der Waals surface area (Å²) in [6.45, 7) is 4.66. The van der Waals surface area contributed by atoms with E-state index in [9.17, 15) is 4.79 Å². The van der Waals surface area contributed by atoms with Crippen LogP contribution in [0, 0.1) is 18.8 Å². The standard InChI is InChI=1S/C17H21NO3/c1-14-15(6-2-3-11-19)7-4-8-16(14)17(20)18-9-5-12-21-13-10-18/h4,7-8,19H,3,5,9-13H2,1H3. The van der Waals surface area contributed by atoms with Crippen LogP contribution < -0.4 is 0 Å². The zero-order valence-electron chi connectivity index (χ0n) is 12.4. The quantitative estimate of drug-likeness (QED) is 0.840. The Morgan fingerprint density at radius 2 is 2.24 bits per heavy atom. The van der Waals surface area contributed by atoms with E-state index >= 15 is 0 Å². The van der Waals surface area contributed by atoms with Gasteiger partial charge in [0.2, 0.25) is 0 Å². The lowest BCUT2D eigenvalue weighted by Crippen LogP contribution is -2.33. The maximum atomic E-state index is 12.6. The van der Waals surface area contributed by atoms with E-state index < -0.39 is 0 Å². The third kappa shape index (κ3) is 4.07. The van der Waals surface area contributed by atoms with Gasteiger partial charge in [0.15, 0.2) is 0 Å². The van der Waals surface area contributed by atoms with Crippen molar-refractivity contribution in [3.8, 4) is 11.8 Å². The number of nitrogens with zero attached hydrogens (tertiary/aromatic N) is 1. The van der Waals surface area contributed by atoms with Crippen LogP contribution in [-0.2, 0) is 4.74 Å². The fourth-order valence-corrected chi connectivity index (χ4v) is 2.34. The van der Waals surface area contributed by atoms with Crippen molar-refractivity contribution in [2.45, 2.75) is 19.8 Å². The molecule has 4 nitrogen and oxygen atoms in total. The molecule has 1 aliphatic rings. The number of amides is 1. The average Bonchev–Trinajstić information content (AvgIpc) is 2.78. The molecule has 0 spiro atoms. The van der Waals surface area contributed by atoms with Crippen molar-refractivity contribution in [1.82, 2.24) is 4.90 Å². The lowest BCUT2D eigenvalue weighted by molar-refractivity contribution is 0.0740. The zero-order chi connectivity index (χ0) is 15.1. The summed E-state index contributed by atoms with van der Waals surface area (Å²) in [5.41, 5.74) is 2.45. The number of hydrogen-bond donors (Lipinski definition) is 1.